The van der Waals surface area contributed by atoms with Gasteiger partial charge in [-0.1, -0.05) is 6.07 Å². The maximum absolute atomic E-state index is 5.90. The fourth-order valence-corrected chi connectivity index (χ4v) is 2.26. The zero-order valence-electron chi connectivity index (χ0n) is 11.9. The zero-order valence-corrected chi connectivity index (χ0v) is 11.9. The normalized spacial score (nSPS) is 17.6. The molecule has 5 heteroatoms. The number of hydrogen-bond donors (Lipinski definition) is 2. The SMILES string of the molecule is COc1ccc(CCNN2CCN(C)CC2)cc1N. The number of nitrogen functional groups attached to an aromatic ring is 1. The first-order valence-corrected chi connectivity index (χ1v) is 6.78. The molecule has 1 saturated heterocycles. The van der Waals surface area contributed by atoms with E-state index in [0.717, 1.165) is 44.9 Å². The molecule has 1 aromatic rings. The number of ether oxygens (including phenoxy) is 1. The van der Waals surface area contributed by atoms with Gasteiger partial charge in [-0.15, -0.1) is 0 Å². The second-order valence-corrected chi connectivity index (χ2v) is 5.02. The second kappa shape index (κ2) is 6.75. The third-order valence-electron chi connectivity index (χ3n) is 3.55. The van der Waals surface area contributed by atoms with Crippen molar-refractivity contribution in [3.05, 3.63) is 23.8 Å². The molecular weight excluding hydrogens is 240 g/mol. The van der Waals surface area contributed by atoms with Crippen molar-refractivity contribution in [2.45, 2.75) is 6.42 Å². The summed E-state index contributed by atoms with van der Waals surface area (Å²) in [6, 6.07) is 5.99. The minimum atomic E-state index is 0.708. The number of anilines is 1. The van der Waals surface area contributed by atoms with Gasteiger partial charge in [0.15, 0.2) is 0 Å². The fraction of sp³-hybridized carbons (Fsp3) is 0.571. The van der Waals surface area contributed by atoms with Gasteiger partial charge in [-0.25, -0.2) is 5.01 Å². The first kappa shape index (κ1) is 14.1. The Kier molecular flexibility index (Phi) is 5.01. The number of methoxy groups -OCH3 is 1. The summed E-state index contributed by atoms with van der Waals surface area (Å²) in [6.07, 6.45) is 0.973. The van der Waals surface area contributed by atoms with Crippen molar-refractivity contribution >= 4 is 5.69 Å². The lowest BCUT2D eigenvalue weighted by Crippen LogP contribution is -2.51. The Morgan fingerprint density at radius 2 is 2.00 bits per heavy atom. The van der Waals surface area contributed by atoms with Crippen LogP contribution in [-0.4, -0.2) is 56.8 Å². The molecule has 19 heavy (non-hydrogen) atoms. The molecule has 0 saturated carbocycles. The van der Waals surface area contributed by atoms with Crippen LogP contribution < -0.4 is 15.9 Å². The smallest absolute Gasteiger partial charge is 0.141 e. The topological polar surface area (TPSA) is 53.8 Å². The van der Waals surface area contributed by atoms with Gasteiger partial charge in [0, 0.05) is 32.7 Å². The number of nitrogens with zero attached hydrogens (tertiary/aromatic N) is 2. The van der Waals surface area contributed by atoms with Gasteiger partial charge in [0.05, 0.1) is 12.8 Å². The molecule has 106 valence electrons. The third kappa shape index (κ3) is 4.09. The molecule has 3 N–H and O–H groups in total. The van der Waals surface area contributed by atoms with Crippen LogP contribution in [0.3, 0.4) is 0 Å². The Morgan fingerprint density at radius 1 is 1.26 bits per heavy atom. The summed E-state index contributed by atoms with van der Waals surface area (Å²) in [7, 11) is 3.80. The van der Waals surface area contributed by atoms with E-state index in [9.17, 15) is 0 Å². The predicted octanol–water partition coefficient (Wildman–Crippen LogP) is 0.572. The van der Waals surface area contributed by atoms with Gasteiger partial charge < -0.3 is 15.4 Å². The molecule has 0 radical (unpaired) electrons. The molecule has 0 aliphatic carbocycles. The Hall–Kier alpha value is -1.30. The molecule has 1 fully saturated rings. The van der Waals surface area contributed by atoms with Crippen LogP contribution in [0.5, 0.6) is 5.75 Å². The van der Waals surface area contributed by atoms with E-state index < -0.39 is 0 Å². The highest BCUT2D eigenvalue weighted by Crippen LogP contribution is 2.21. The maximum atomic E-state index is 5.90. The number of nitrogens with two attached hydrogens (primary N) is 1. The van der Waals surface area contributed by atoms with Gasteiger partial charge in [0.25, 0.3) is 0 Å². The fourth-order valence-electron chi connectivity index (χ4n) is 2.26. The van der Waals surface area contributed by atoms with Gasteiger partial charge in [-0.05, 0) is 31.2 Å². The minimum Gasteiger partial charge on any atom is -0.495 e. The highest BCUT2D eigenvalue weighted by molar-refractivity contribution is 5.54. The number of hydrazine groups is 1. The number of piperazine rings is 1. The van der Waals surface area contributed by atoms with E-state index in [1.54, 1.807) is 7.11 Å². The average Bonchev–Trinajstić information content (AvgIpc) is 2.41. The number of likely N-dealkylation sites (N-methyl/N-ethyl adjacent to an activating group) is 1. The summed E-state index contributed by atoms with van der Waals surface area (Å²) >= 11 is 0. The molecule has 1 aromatic carbocycles. The molecule has 0 amide bonds. The van der Waals surface area contributed by atoms with E-state index in [2.05, 4.69) is 28.4 Å². The van der Waals surface area contributed by atoms with E-state index in [0.29, 0.717) is 5.69 Å². The molecule has 0 spiro atoms. The Morgan fingerprint density at radius 3 is 2.63 bits per heavy atom. The van der Waals surface area contributed by atoms with Crippen LogP contribution in [0.2, 0.25) is 0 Å². The summed E-state index contributed by atoms with van der Waals surface area (Å²) in [5, 5.41) is 2.30. The lowest BCUT2D eigenvalue weighted by molar-refractivity contribution is 0.105. The van der Waals surface area contributed by atoms with Crippen LogP contribution in [0, 0.1) is 0 Å². The van der Waals surface area contributed by atoms with Gasteiger partial charge >= 0.3 is 0 Å². The average molecular weight is 264 g/mol. The van der Waals surface area contributed by atoms with Crippen molar-refractivity contribution in [3.8, 4) is 5.75 Å². The molecule has 0 atom stereocenters. The minimum absolute atomic E-state index is 0.708. The van der Waals surface area contributed by atoms with E-state index in [-0.39, 0.29) is 0 Å². The van der Waals surface area contributed by atoms with Crippen LogP contribution in [0.15, 0.2) is 18.2 Å². The Labute approximate surface area is 115 Å². The van der Waals surface area contributed by atoms with Gasteiger partial charge in [0.1, 0.15) is 5.75 Å². The van der Waals surface area contributed by atoms with Crippen LogP contribution >= 0.6 is 0 Å². The Bertz CT molecular complexity index is 402. The van der Waals surface area contributed by atoms with E-state index in [1.165, 1.54) is 5.56 Å². The maximum Gasteiger partial charge on any atom is 0.141 e. The molecular formula is C14H24N4O. The van der Waals surface area contributed by atoms with Crippen LogP contribution in [0.25, 0.3) is 0 Å². The highest BCUT2D eigenvalue weighted by Gasteiger charge is 2.12. The number of rotatable bonds is 5. The van der Waals surface area contributed by atoms with E-state index >= 15 is 0 Å². The first-order chi connectivity index (χ1) is 9.19. The van der Waals surface area contributed by atoms with Crippen molar-refractivity contribution in [1.29, 1.82) is 0 Å². The van der Waals surface area contributed by atoms with E-state index in [4.69, 9.17) is 10.5 Å². The van der Waals surface area contributed by atoms with Crippen LogP contribution in [0.1, 0.15) is 5.56 Å². The quantitative estimate of drug-likeness (QED) is 0.762. The molecule has 1 aliphatic rings. The summed E-state index contributed by atoms with van der Waals surface area (Å²) in [5.74, 6) is 0.746. The third-order valence-corrected chi connectivity index (χ3v) is 3.55. The highest BCUT2D eigenvalue weighted by atomic mass is 16.5. The number of nitrogens with one attached hydrogen (secondary N) is 1. The molecule has 2 rings (SSSR count). The predicted molar refractivity (Wildman–Crippen MR) is 78.2 cm³/mol. The standard InChI is InChI=1S/C14H24N4O/c1-17-7-9-18(10-8-17)16-6-5-12-3-4-14(19-2)13(15)11-12/h3-4,11,16H,5-10,15H2,1-2H3. The van der Waals surface area contributed by atoms with Crippen molar-refractivity contribution in [2.24, 2.45) is 0 Å². The monoisotopic (exact) mass is 264 g/mol. The summed E-state index contributed by atoms with van der Waals surface area (Å²) in [5.41, 5.74) is 11.3. The second-order valence-electron chi connectivity index (χ2n) is 5.02. The Balaban J connectivity index is 1.75. The number of hydrogen-bond acceptors (Lipinski definition) is 5. The van der Waals surface area contributed by atoms with Gasteiger partial charge in [-0.3, -0.25) is 5.43 Å². The molecule has 1 aliphatic heterocycles. The van der Waals surface area contributed by atoms with Gasteiger partial charge in [0.2, 0.25) is 0 Å². The summed E-state index contributed by atoms with van der Waals surface area (Å²) < 4.78 is 5.16. The molecule has 5 nitrogen and oxygen atoms in total. The summed E-state index contributed by atoms with van der Waals surface area (Å²) in [6.45, 7) is 5.36. The molecule has 1 heterocycles. The lowest BCUT2D eigenvalue weighted by Gasteiger charge is -2.32. The molecule has 0 unspecified atom stereocenters. The number of benzene rings is 1. The van der Waals surface area contributed by atoms with Crippen molar-refractivity contribution < 1.29 is 4.74 Å². The zero-order chi connectivity index (χ0) is 13.7. The lowest BCUT2D eigenvalue weighted by atomic mass is 10.1. The van der Waals surface area contributed by atoms with Crippen LogP contribution in [-0.2, 0) is 6.42 Å². The van der Waals surface area contributed by atoms with Gasteiger partial charge in [-0.2, -0.15) is 0 Å². The van der Waals surface area contributed by atoms with Crippen LogP contribution in [0.4, 0.5) is 5.69 Å². The summed E-state index contributed by atoms with van der Waals surface area (Å²) in [4.78, 5) is 2.35. The van der Waals surface area contributed by atoms with Crippen molar-refractivity contribution in [3.63, 3.8) is 0 Å². The van der Waals surface area contributed by atoms with Crippen molar-refractivity contribution in [2.75, 3.05) is 52.6 Å². The largest absolute Gasteiger partial charge is 0.495 e. The molecule has 0 aromatic heterocycles. The first-order valence-electron chi connectivity index (χ1n) is 6.78. The van der Waals surface area contributed by atoms with E-state index in [1.807, 2.05) is 12.1 Å². The van der Waals surface area contributed by atoms with Crippen molar-refractivity contribution in [1.82, 2.24) is 15.3 Å². The molecule has 0 bridgehead atoms.